The van der Waals surface area contributed by atoms with Crippen LogP contribution in [0.3, 0.4) is 0 Å². The maximum absolute atomic E-state index is 12.6. The van der Waals surface area contributed by atoms with Crippen LogP contribution in [0.15, 0.2) is 0 Å². The molecule has 0 saturated carbocycles. The summed E-state index contributed by atoms with van der Waals surface area (Å²) in [6.07, 6.45) is 1.67. The number of sulfone groups is 1. The number of nitrogens with two attached hydrogens (primary N) is 1. The van der Waals surface area contributed by atoms with Gasteiger partial charge >= 0.3 is 0 Å². The van der Waals surface area contributed by atoms with Crippen LogP contribution in [-0.4, -0.2) is 50.6 Å². The van der Waals surface area contributed by atoms with E-state index in [-0.39, 0.29) is 30.3 Å². The molecule has 2 aliphatic rings. The first-order valence-electron chi connectivity index (χ1n) is 6.71. The summed E-state index contributed by atoms with van der Waals surface area (Å²) in [6, 6.07) is 0. The third-order valence-corrected chi connectivity index (χ3v) is 8.31. The van der Waals surface area contributed by atoms with E-state index in [0.717, 1.165) is 12.8 Å². The summed E-state index contributed by atoms with van der Waals surface area (Å²) >= 11 is 0. The molecule has 0 aliphatic carbocycles. The zero-order valence-corrected chi connectivity index (χ0v) is 12.8. The van der Waals surface area contributed by atoms with E-state index in [2.05, 4.69) is 0 Å². The fourth-order valence-corrected chi connectivity index (χ4v) is 6.76. The number of sulfonamides is 1. The summed E-state index contributed by atoms with van der Waals surface area (Å²) < 4.78 is 49.3. The Hall–Kier alpha value is -0.180. The normalized spacial score (nSPS) is 34.2. The Labute approximate surface area is 115 Å². The molecule has 2 saturated heterocycles. The molecule has 112 valence electrons. The van der Waals surface area contributed by atoms with Crippen molar-refractivity contribution in [1.29, 1.82) is 0 Å². The molecule has 2 heterocycles. The highest BCUT2D eigenvalue weighted by Crippen LogP contribution is 2.28. The van der Waals surface area contributed by atoms with Crippen LogP contribution in [0.1, 0.15) is 32.6 Å². The molecule has 2 fully saturated rings. The van der Waals surface area contributed by atoms with Crippen LogP contribution in [0.25, 0.3) is 0 Å². The third kappa shape index (κ3) is 3.12. The van der Waals surface area contributed by atoms with Crippen molar-refractivity contribution in [3.05, 3.63) is 0 Å². The molecular formula is C11H22N2O4S2. The Bertz CT molecular complexity index is 515. The lowest BCUT2D eigenvalue weighted by atomic mass is 9.99. The van der Waals surface area contributed by atoms with E-state index in [1.54, 1.807) is 0 Å². The zero-order chi connectivity index (χ0) is 14.3. The van der Waals surface area contributed by atoms with Gasteiger partial charge in [0.1, 0.15) is 9.84 Å². The van der Waals surface area contributed by atoms with Gasteiger partial charge in [-0.15, -0.1) is 0 Å². The van der Waals surface area contributed by atoms with Gasteiger partial charge in [-0.3, -0.25) is 0 Å². The highest BCUT2D eigenvalue weighted by molar-refractivity contribution is 7.92. The van der Waals surface area contributed by atoms with Crippen LogP contribution in [0, 0.1) is 5.92 Å². The maximum atomic E-state index is 12.6. The standard InChI is InChI=1S/C11H22N2O4S2/c1-9-3-2-6-13(11(9)12)19(16,17)10-4-7-18(14,15)8-5-10/h9-11H,2-8,12H2,1H3. The van der Waals surface area contributed by atoms with Gasteiger partial charge in [-0.25, -0.2) is 16.8 Å². The van der Waals surface area contributed by atoms with Gasteiger partial charge in [-0.05, 0) is 31.6 Å². The van der Waals surface area contributed by atoms with Crippen LogP contribution < -0.4 is 5.73 Å². The average molecular weight is 310 g/mol. The summed E-state index contributed by atoms with van der Waals surface area (Å²) in [4.78, 5) is 0. The summed E-state index contributed by atoms with van der Waals surface area (Å²) in [5.41, 5.74) is 6.00. The van der Waals surface area contributed by atoms with Crippen molar-refractivity contribution in [2.45, 2.75) is 44.0 Å². The Morgan fingerprint density at radius 1 is 1.16 bits per heavy atom. The molecule has 0 radical (unpaired) electrons. The van der Waals surface area contributed by atoms with Gasteiger partial charge in [0.05, 0.1) is 22.9 Å². The summed E-state index contributed by atoms with van der Waals surface area (Å²) in [7, 11) is -6.52. The van der Waals surface area contributed by atoms with Gasteiger partial charge in [0.2, 0.25) is 10.0 Å². The van der Waals surface area contributed by atoms with Crippen molar-refractivity contribution in [1.82, 2.24) is 4.31 Å². The monoisotopic (exact) mass is 310 g/mol. The van der Waals surface area contributed by atoms with E-state index in [0.29, 0.717) is 6.54 Å². The molecule has 0 spiro atoms. The first-order valence-corrected chi connectivity index (χ1v) is 10.0. The van der Waals surface area contributed by atoms with E-state index >= 15 is 0 Å². The lowest BCUT2D eigenvalue weighted by Gasteiger charge is -2.39. The number of piperidine rings is 1. The molecule has 0 amide bonds. The molecule has 2 atom stereocenters. The summed E-state index contributed by atoms with van der Waals surface area (Å²) in [6.45, 7) is 2.41. The summed E-state index contributed by atoms with van der Waals surface area (Å²) in [5, 5.41) is -0.590. The molecule has 0 aromatic rings. The SMILES string of the molecule is CC1CCCN(S(=O)(=O)C2CCS(=O)(=O)CC2)C1N. The largest absolute Gasteiger partial charge is 0.315 e. The minimum Gasteiger partial charge on any atom is -0.315 e. The minimum atomic E-state index is -3.47. The van der Waals surface area contributed by atoms with E-state index in [1.807, 2.05) is 6.92 Å². The molecule has 8 heteroatoms. The van der Waals surface area contributed by atoms with E-state index < -0.39 is 31.3 Å². The van der Waals surface area contributed by atoms with Crippen molar-refractivity contribution in [3.8, 4) is 0 Å². The van der Waals surface area contributed by atoms with Gasteiger partial charge in [0.15, 0.2) is 0 Å². The first kappa shape index (κ1) is 15.2. The second-order valence-electron chi connectivity index (χ2n) is 5.62. The molecule has 19 heavy (non-hydrogen) atoms. The quantitative estimate of drug-likeness (QED) is 0.769. The molecule has 2 N–H and O–H groups in total. The number of hydrogen-bond acceptors (Lipinski definition) is 5. The number of hydrogen-bond donors (Lipinski definition) is 1. The van der Waals surface area contributed by atoms with Crippen molar-refractivity contribution < 1.29 is 16.8 Å². The Morgan fingerprint density at radius 3 is 2.32 bits per heavy atom. The van der Waals surface area contributed by atoms with E-state index in [1.165, 1.54) is 4.31 Å². The van der Waals surface area contributed by atoms with Gasteiger partial charge in [-0.1, -0.05) is 6.92 Å². The zero-order valence-electron chi connectivity index (χ0n) is 11.2. The van der Waals surface area contributed by atoms with Crippen molar-refractivity contribution in [2.75, 3.05) is 18.1 Å². The average Bonchev–Trinajstić information content (AvgIpc) is 2.32. The highest BCUT2D eigenvalue weighted by Gasteiger charge is 2.41. The fraction of sp³-hybridized carbons (Fsp3) is 1.00. The van der Waals surface area contributed by atoms with Crippen LogP contribution in [0.4, 0.5) is 0 Å². The molecule has 0 aromatic heterocycles. The van der Waals surface area contributed by atoms with Crippen molar-refractivity contribution in [3.63, 3.8) is 0 Å². The van der Waals surface area contributed by atoms with Gasteiger partial charge in [0.25, 0.3) is 0 Å². The predicted molar refractivity (Wildman–Crippen MR) is 73.7 cm³/mol. The number of rotatable bonds is 2. The fourth-order valence-electron chi connectivity index (χ4n) is 2.83. The summed E-state index contributed by atoms with van der Waals surface area (Å²) in [5.74, 6) is 0.0845. The van der Waals surface area contributed by atoms with Gasteiger partial charge < -0.3 is 5.73 Å². The van der Waals surface area contributed by atoms with E-state index in [4.69, 9.17) is 5.73 Å². The molecule has 6 nitrogen and oxygen atoms in total. The molecule has 0 aromatic carbocycles. The molecule has 2 unspecified atom stereocenters. The van der Waals surface area contributed by atoms with Crippen LogP contribution in [0.5, 0.6) is 0 Å². The smallest absolute Gasteiger partial charge is 0.218 e. The second kappa shape index (κ2) is 5.31. The van der Waals surface area contributed by atoms with E-state index in [9.17, 15) is 16.8 Å². The predicted octanol–water partition coefficient (Wildman–Crippen LogP) is -0.0899. The Balaban J connectivity index is 2.14. The third-order valence-electron chi connectivity index (χ3n) is 4.20. The maximum Gasteiger partial charge on any atom is 0.218 e. The molecule has 2 rings (SSSR count). The van der Waals surface area contributed by atoms with Gasteiger partial charge in [0, 0.05) is 6.54 Å². The van der Waals surface area contributed by atoms with Crippen LogP contribution in [-0.2, 0) is 19.9 Å². The Morgan fingerprint density at radius 2 is 1.74 bits per heavy atom. The number of nitrogens with zero attached hydrogens (tertiary/aromatic N) is 1. The molecule has 0 bridgehead atoms. The van der Waals surface area contributed by atoms with Crippen molar-refractivity contribution >= 4 is 19.9 Å². The minimum absolute atomic E-state index is 0.0322. The van der Waals surface area contributed by atoms with Crippen LogP contribution in [0.2, 0.25) is 0 Å². The topological polar surface area (TPSA) is 97.5 Å². The van der Waals surface area contributed by atoms with Crippen molar-refractivity contribution in [2.24, 2.45) is 11.7 Å². The highest BCUT2D eigenvalue weighted by atomic mass is 32.2. The lowest BCUT2D eigenvalue weighted by Crippen LogP contribution is -2.55. The van der Waals surface area contributed by atoms with Gasteiger partial charge in [-0.2, -0.15) is 4.31 Å². The molecule has 2 aliphatic heterocycles. The lowest BCUT2D eigenvalue weighted by molar-refractivity contribution is 0.190. The van der Waals surface area contributed by atoms with Crippen LogP contribution >= 0.6 is 0 Å². The molecular weight excluding hydrogens is 288 g/mol. The second-order valence-corrected chi connectivity index (χ2v) is 10.1. The Kier molecular flexibility index (Phi) is 4.25. The first-order chi connectivity index (χ1) is 8.74.